The molecule has 142 valence electrons. The van der Waals surface area contributed by atoms with Crippen molar-refractivity contribution in [3.63, 3.8) is 0 Å². The highest BCUT2D eigenvalue weighted by Crippen LogP contribution is 2.48. The van der Waals surface area contributed by atoms with Gasteiger partial charge in [-0.15, -0.1) is 11.3 Å². The van der Waals surface area contributed by atoms with Crippen LogP contribution in [0.4, 0.5) is 5.69 Å². The second kappa shape index (κ2) is 7.90. The lowest BCUT2D eigenvalue weighted by molar-refractivity contribution is -0.116. The van der Waals surface area contributed by atoms with Gasteiger partial charge in [-0.3, -0.25) is 4.79 Å². The molecule has 0 saturated carbocycles. The fraction of sp³-hybridized carbons (Fsp3) is 0.174. The number of anilines is 1. The zero-order valence-corrected chi connectivity index (χ0v) is 16.4. The van der Waals surface area contributed by atoms with E-state index in [-0.39, 0.29) is 11.8 Å². The summed E-state index contributed by atoms with van der Waals surface area (Å²) in [5, 5.41) is 5.18. The lowest BCUT2D eigenvalue weighted by atomic mass is 9.89. The van der Waals surface area contributed by atoms with Gasteiger partial charge in [0.25, 0.3) is 0 Å². The highest BCUT2D eigenvalue weighted by molar-refractivity contribution is 7.11. The van der Waals surface area contributed by atoms with Crippen molar-refractivity contribution < 1.29 is 14.3 Å². The number of benzene rings is 2. The van der Waals surface area contributed by atoms with Crippen LogP contribution in [0.1, 0.15) is 22.8 Å². The number of fused-ring (bicyclic) bond motifs is 1. The van der Waals surface area contributed by atoms with Gasteiger partial charge in [0, 0.05) is 33.7 Å². The van der Waals surface area contributed by atoms with Crippen LogP contribution in [0.5, 0.6) is 11.5 Å². The van der Waals surface area contributed by atoms with E-state index >= 15 is 0 Å². The highest BCUT2D eigenvalue weighted by atomic mass is 32.1. The number of ether oxygens (including phenoxy) is 2. The van der Waals surface area contributed by atoms with E-state index < -0.39 is 0 Å². The molecule has 3 aromatic rings. The SMILES string of the molecule is C=CCOc1ccc(C2CC(=O)Nc3c(-c4ccccc4OC)csc32)cc1. The van der Waals surface area contributed by atoms with Crippen molar-refractivity contribution in [1.82, 2.24) is 0 Å². The van der Waals surface area contributed by atoms with Gasteiger partial charge < -0.3 is 14.8 Å². The fourth-order valence-corrected chi connectivity index (χ4v) is 4.67. The predicted octanol–water partition coefficient (Wildman–Crippen LogP) is 5.46. The van der Waals surface area contributed by atoms with Gasteiger partial charge in [0.15, 0.2) is 0 Å². The van der Waals surface area contributed by atoms with Gasteiger partial charge >= 0.3 is 0 Å². The molecule has 0 bridgehead atoms. The van der Waals surface area contributed by atoms with E-state index in [0.29, 0.717) is 13.0 Å². The number of thiophene rings is 1. The molecule has 0 aliphatic carbocycles. The minimum atomic E-state index is 0.0269. The Morgan fingerprint density at radius 2 is 1.96 bits per heavy atom. The topological polar surface area (TPSA) is 47.6 Å². The lowest BCUT2D eigenvalue weighted by Gasteiger charge is -2.24. The molecule has 1 aromatic heterocycles. The molecule has 1 unspecified atom stereocenters. The maximum absolute atomic E-state index is 12.5. The van der Waals surface area contributed by atoms with E-state index in [1.165, 1.54) is 4.88 Å². The maximum atomic E-state index is 12.5. The molecule has 2 aromatic carbocycles. The molecule has 28 heavy (non-hydrogen) atoms. The number of hydrogen-bond acceptors (Lipinski definition) is 4. The number of nitrogens with one attached hydrogen (secondary N) is 1. The van der Waals surface area contributed by atoms with Crippen LogP contribution in [0.3, 0.4) is 0 Å². The molecule has 4 nitrogen and oxygen atoms in total. The molecule has 0 fully saturated rings. The number of rotatable bonds is 6. The van der Waals surface area contributed by atoms with Crippen molar-refractivity contribution in [2.24, 2.45) is 0 Å². The zero-order valence-electron chi connectivity index (χ0n) is 15.6. The summed E-state index contributed by atoms with van der Waals surface area (Å²) in [5.41, 5.74) is 3.98. The largest absolute Gasteiger partial charge is 0.496 e. The van der Waals surface area contributed by atoms with Gasteiger partial charge in [0.2, 0.25) is 5.91 Å². The second-order valence-electron chi connectivity index (χ2n) is 6.56. The molecule has 1 N–H and O–H groups in total. The van der Waals surface area contributed by atoms with Crippen LogP contribution in [-0.2, 0) is 4.79 Å². The summed E-state index contributed by atoms with van der Waals surface area (Å²) in [7, 11) is 1.66. The number of methoxy groups -OCH3 is 1. The first-order valence-electron chi connectivity index (χ1n) is 9.09. The van der Waals surface area contributed by atoms with Crippen LogP contribution in [0.2, 0.25) is 0 Å². The Kier molecular flexibility index (Phi) is 5.17. The van der Waals surface area contributed by atoms with Crippen LogP contribution < -0.4 is 14.8 Å². The third-order valence-electron chi connectivity index (χ3n) is 4.84. The minimum absolute atomic E-state index is 0.0269. The number of carbonyl (C=O) groups excluding carboxylic acids is 1. The zero-order chi connectivity index (χ0) is 19.5. The normalized spacial score (nSPS) is 15.5. The summed E-state index contributed by atoms with van der Waals surface area (Å²) in [5.74, 6) is 1.65. The van der Waals surface area contributed by atoms with E-state index in [9.17, 15) is 4.79 Å². The van der Waals surface area contributed by atoms with Gasteiger partial charge in [-0.2, -0.15) is 0 Å². The summed E-state index contributed by atoms with van der Waals surface area (Å²) in [6.45, 7) is 4.14. The minimum Gasteiger partial charge on any atom is -0.496 e. The fourth-order valence-electron chi connectivity index (χ4n) is 3.51. The first-order valence-corrected chi connectivity index (χ1v) is 9.97. The monoisotopic (exact) mass is 391 g/mol. The third kappa shape index (κ3) is 3.41. The Bertz CT molecular complexity index is 1010. The van der Waals surface area contributed by atoms with Gasteiger partial charge in [-0.1, -0.05) is 43.0 Å². The summed E-state index contributed by atoms with van der Waals surface area (Å²) >= 11 is 1.67. The van der Waals surface area contributed by atoms with Crippen LogP contribution in [-0.4, -0.2) is 19.6 Å². The van der Waals surface area contributed by atoms with Gasteiger partial charge in [0.05, 0.1) is 12.8 Å². The first kappa shape index (κ1) is 18.3. The Morgan fingerprint density at radius 1 is 1.18 bits per heavy atom. The smallest absolute Gasteiger partial charge is 0.225 e. The van der Waals surface area contributed by atoms with Gasteiger partial charge in [0.1, 0.15) is 18.1 Å². The third-order valence-corrected chi connectivity index (χ3v) is 5.93. The van der Waals surface area contributed by atoms with E-state index in [4.69, 9.17) is 9.47 Å². The molecule has 0 saturated heterocycles. The molecular weight excluding hydrogens is 370 g/mol. The van der Waals surface area contributed by atoms with E-state index in [1.54, 1.807) is 24.5 Å². The number of hydrogen-bond donors (Lipinski definition) is 1. The van der Waals surface area contributed by atoms with E-state index in [1.807, 2.05) is 48.5 Å². The average molecular weight is 391 g/mol. The first-order chi connectivity index (χ1) is 13.7. The van der Waals surface area contributed by atoms with Crippen molar-refractivity contribution in [1.29, 1.82) is 0 Å². The number of para-hydroxylation sites is 1. The van der Waals surface area contributed by atoms with Gasteiger partial charge in [-0.05, 0) is 23.8 Å². The molecular formula is C23H21NO3S. The number of carbonyl (C=O) groups is 1. The van der Waals surface area contributed by atoms with Crippen LogP contribution in [0.15, 0.2) is 66.6 Å². The molecule has 5 heteroatoms. The Hall–Kier alpha value is -3.05. The summed E-state index contributed by atoms with van der Waals surface area (Å²) < 4.78 is 11.1. The van der Waals surface area contributed by atoms with Crippen molar-refractivity contribution >= 4 is 22.9 Å². The molecule has 1 aliphatic rings. The van der Waals surface area contributed by atoms with Crippen molar-refractivity contribution in [2.75, 3.05) is 19.0 Å². The van der Waals surface area contributed by atoms with Crippen molar-refractivity contribution in [3.8, 4) is 22.6 Å². The Labute approximate surface area is 168 Å². The standard InChI is InChI=1S/C23H21NO3S/c1-3-12-27-16-10-8-15(9-11-16)18-13-21(25)24-22-19(14-28-23(18)22)17-6-4-5-7-20(17)26-2/h3-11,14,18H,1,12-13H2,2H3,(H,24,25). The molecule has 1 amide bonds. The van der Waals surface area contributed by atoms with Crippen molar-refractivity contribution in [3.05, 3.63) is 77.0 Å². The molecule has 1 aliphatic heterocycles. The molecule has 1 atom stereocenters. The van der Waals surface area contributed by atoms with Crippen molar-refractivity contribution in [2.45, 2.75) is 12.3 Å². The Morgan fingerprint density at radius 3 is 2.71 bits per heavy atom. The van der Waals surface area contributed by atoms with Crippen LogP contribution in [0, 0.1) is 0 Å². The molecule has 2 heterocycles. The molecule has 0 spiro atoms. The quantitative estimate of drug-likeness (QED) is 0.568. The summed E-state index contributed by atoms with van der Waals surface area (Å²) in [6, 6.07) is 15.8. The Balaban J connectivity index is 1.71. The predicted molar refractivity (Wildman–Crippen MR) is 114 cm³/mol. The number of amides is 1. The summed E-state index contributed by atoms with van der Waals surface area (Å²) in [6.07, 6.45) is 2.16. The molecule has 4 rings (SSSR count). The summed E-state index contributed by atoms with van der Waals surface area (Å²) in [4.78, 5) is 13.6. The second-order valence-corrected chi connectivity index (χ2v) is 7.47. The van der Waals surface area contributed by atoms with Gasteiger partial charge in [-0.25, -0.2) is 0 Å². The van der Waals surface area contributed by atoms with E-state index in [0.717, 1.165) is 33.9 Å². The average Bonchev–Trinajstić information content (AvgIpc) is 3.15. The lowest BCUT2D eigenvalue weighted by Crippen LogP contribution is -2.22. The van der Waals surface area contributed by atoms with E-state index in [2.05, 4.69) is 17.3 Å². The highest BCUT2D eigenvalue weighted by Gasteiger charge is 2.31. The van der Waals surface area contributed by atoms with Crippen LogP contribution in [0.25, 0.3) is 11.1 Å². The molecule has 0 radical (unpaired) electrons. The van der Waals surface area contributed by atoms with Crippen LogP contribution >= 0.6 is 11.3 Å². The maximum Gasteiger partial charge on any atom is 0.225 e.